The van der Waals surface area contributed by atoms with Crippen LogP contribution in [0.25, 0.3) is 5.69 Å². The van der Waals surface area contributed by atoms with Gasteiger partial charge in [-0.2, -0.15) is 18.2 Å². The molecule has 1 aliphatic carbocycles. The first-order valence-electron chi connectivity index (χ1n) is 16.5. The zero-order chi connectivity index (χ0) is 38.3. The molecule has 2 fully saturated rings. The molecule has 0 unspecified atom stereocenters. The van der Waals surface area contributed by atoms with Crippen LogP contribution in [0.1, 0.15) is 35.1 Å². The zero-order valence-corrected chi connectivity index (χ0v) is 29.4. The number of aromatic nitrogens is 4. The number of carbonyl (C=O) groups excluding carboxylic acids is 2. The normalized spacial score (nSPS) is 22.0. The molecule has 2 amide bonds. The molecular weight excluding hydrogens is 752 g/mol. The predicted molar refractivity (Wildman–Crippen MR) is 190 cm³/mol. The molecule has 1 saturated heterocycles. The van der Waals surface area contributed by atoms with Crippen molar-refractivity contribution in [1.82, 2.24) is 23.9 Å². The number of pyridine rings is 1. The van der Waals surface area contributed by atoms with E-state index in [1.54, 1.807) is 66.7 Å². The van der Waals surface area contributed by atoms with Crippen molar-refractivity contribution in [1.29, 1.82) is 0 Å². The number of rotatable bonds is 6. The summed E-state index contributed by atoms with van der Waals surface area (Å²) in [5.74, 6) is -4.49. The molecule has 2 aromatic heterocycles. The van der Waals surface area contributed by atoms with Gasteiger partial charge in [0.2, 0.25) is 0 Å². The molecule has 276 valence electrons. The quantitative estimate of drug-likeness (QED) is 0.162. The Balaban J connectivity index is 1.36. The molecule has 3 aliphatic rings. The topological polar surface area (TPSA) is 141 Å². The predicted octanol–water partition coefficient (Wildman–Crippen LogP) is 5.85. The average Bonchev–Trinajstić information content (AvgIpc) is 3.53. The van der Waals surface area contributed by atoms with Gasteiger partial charge in [-0.1, -0.05) is 65.7 Å². The highest BCUT2D eigenvalue weighted by Crippen LogP contribution is 2.62. The minimum absolute atomic E-state index is 0.0745. The van der Waals surface area contributed by atoms with E-state index in [0.29, 0.717) is 44.7 Å². The molecule has 4 atom stereocenters. The number of amides is 2. The fourth-order valence-electron chi connectivity index (χ4n) is 8.10. The number of fused-ring (bicyclic) bond motifs is 4. The molecule has 3 aromatic carbocycles. The lowest BCUT2D eigenvalue weighted by Gasteiger charge is -2.49. The van der Waals surface area contributed by atoms with E-state index in [4.69, 9.17) is 27.9 Å². The van der Waals surface area contributed by atoms with Crippen molar-refractivity contribution in [3.63, 3.8) is 0 Å². The number of hydrogen-bond donors (Lipinski definition) is 2. The van der Waals surface area contributed by atoms with Crippen LogP contribution in [0.15, 0.2) is 106 Å². The van der Waals surface area contributed by atoms with Gasteiger partial charge in [-0.05, 0) is 65.6 Å². The number of anilines is 1. The van der Waals surface area contributed by atoms with Crippen LogP contribution in [0.3, 0.4) is 0 Å². The molecule has 12 nitrogen and oxygen atoms in total. The number of aromatic hydroxyl groups is 1. The molecule has 5 aromatic rings. The zero-order valence-electron chi connectivity index (χ0n) is 27.9. The molecule has 0 bridgehead atoms. The largest absolute Gasteiger partial charge is 0.504 e. The van der Waals surface area contributed by atoms with E-state index in [-0.39, 0.29) is 24.5 Å². The number of methoxy groups -OCH3 is 1. The number of benzene rings is 3. The maximum Gasteiger partial charge on any atom is 0.417 e. The van der Waals surface area contributed by atoms with Gasteiger partial charge >= 0.3 is 17.6 Å². The van der Waals surface area contributed by atoms with Gasteiger partial charge in [-0.15, -0.1) is 0 Å². The monoisotopic (exact) mass is 778 g/mol. The molecule has 17 heteroatoms. The summed E-state index contributed by atoms with van der Waals surface area (Å²) in [4.78, 5) is 61.9. The standard InChI is InChI=1S/C37H27Cl2F3N6O6/c1-54-29-12-7-19(15-28(29)49)30-24-13-14-45-34(52)46(23-5-3-2-4-6-23)35(53)48(45)27(24)17-25-32(50)47(33(51)36(25,30)20-8-10-22(38)11-9-20)44-31-26(39)16-21(18-43-31)37(40,41)42/h2-13,15-16,18,25,27,30,49H,14,17H2,1H3,(H,43,44)/t25-,27+,30-,36+/m0/s1. The Morgan fingerprint density at radius 2 is 1.69 bits per heavy atom. The number of phenols is 1. The highest BCUT2D eigenvalue weighted by Gasteiger charge is 2.69. The first-order valence-corrected chi connectivity index (χ1v) is 17.2. The molecule has 1 saturated carbocycles. The molecule has 2 N–H and O–H groups in total. The summed E-state index contributed by atoms with van der Waals surface area (Å²) in [6.07, 6.45) is -2.67. The third kappa shape index (κ3) is 5.16. The van der Waals surface area contributed by atoms with Crippen LogP contribution in [0.2, 0.25) is 10.0 Å². The Kier molecular flexibility index (Phi) is 8.26. The molecule has 8 rings (SSSR count). The number of carbonyl (C=O) groups is 2. The SMILES string of the molecule is COc1ccc([C@H]2C3=CCn4c(=O)n(-c5ccccc5)c(=O)n4[C@@H]3C[C@H]3C(=O)N(Nc4ncc(C(F)(F)F)cc4Cl)C(=O)[C@@]23c2ccc(Cl)cc2)cc1O. The maximum atomic E-state index is 15.2. The van der Waals surface area contributed by atoms with E-state index in [1.165, 1.54) is 28.6 Å². The number of hydrazine groups is 1. The van der Waals surface area contributed by atoms with E-state index in [1.807, 2.05) is 0 Å². The smallest absolute Gasteiger partial charge is 0.417 e. The van der Waals surface area contributed by atoms with Crippen LogP contribution in [-0.4, -0.2) is 48.0 Å². The number of para-hydroxylation sites is 1. The van der Waals surface area contributed by atoms with Crippen molar-refractivity contribution in [2.45, 2.75) is 36.5 Å². The van der Waals surface area contributed by atoms with Crippen LogP contribution < -0.4 is 21.5 Å². The summed E-state index contributed by atoms with van der Waals surface area (Å²) in [5, 5.41) is 11.6. The van der Waals surface area contributed by atoms with Crippen molar-refractivity contribution in [2.24, 2.45) is 5.92 Å². The number of halogens is 5. The van der Waals surface area contributed by atoms with E-state index in [0.717, 1.165) is 4.57 Å². The van der Waals surface area contributed by atoms with Gasteiger partial charge in [0, 0.05) is 17.1 Å². The van der Waals surface area contributed by atoms with E-state index in [2.05, 4.69) is 10.4 Å². The third-order valence-electron chi connectivity index (χ3n) is 10.4. The Morgan fingerprint density at radius 3 is 2.33 bits per heavy atom. The number of allylic oxidation sites excluding steroid dienone is 2. The summed E-state index contributed by atoms with van der Waals surface area (Å²) in [6, 6.07) is 18.8. The van der Waals surface area contributed by atoms with Crippen LogP contribution >= 0.6 is 23.2 Å². The molecule has 54 heavy (non-hydrogen) atoms. The summed E-state index contributed by atoms with van der Waals surface area (Å²) >= 11 is 12.5. The lowest BCUT2D eigenvalue weighted by molar-refractivity contribution is -0.139. The van der Waals surface area contributed by atoms with Gasteiger partial charge in [0.1, 0.15) is 0 Å². The molecule has 0 radical (unpaired) electrons. The van der Waals surface area contributed by atoms with Crippen LogP contribution in [0.4, 0.5) is 19.0 Å². The van der Waals surface area contributed by atoms with Crippen LogP contribution in [0.5, 0.6) is 11.5 Å². The molecule has 0 spiro atoms. The number of imide groups is 1. The molecule has 2 aliphatic heterocycles. The van der Waals surface area contributed by atoms with Crippen molar-refractivity contribution in [2.75, 3.05) is 12.5 Å². The molecule has 4 heterocycles. The second-order valence-corrected chi connectivity index (χ2v) is 13.9. The summed E-state index contributed by atoms with van der Waals surface area (Å²) in [5.41, 5.74) is -0.106. The van der Waals surface area contributed by atoms with Crippen LogP contribution in [0, 0.1) is 5.92 Å². The first-order chi connectivity index (χ1) is 25.8. The minimum Gasteiger partial charge on any atom is -0.504 e. The fourth-order valence-corrected chi connectivity index (χ4v) is 8.44. The lowest BCUT2D eigenvalue weighted by atomic mass is 9.53. The number of ether oxygens (including phenoxy) is 1. The Bertz CT molecular complexity index is 2520. The van der Waals surface area contributed by atoms with Crippen molar-refractivity contribution in [3.8, 4) is 17.2 Å². The summed E-state index contributed by atoms with van der Waals surface area (Å²) in [7, 11) is 1.37. The third-order valence-corrected chi connectivity index (χ3v) is 10.9. The van der Waals surface area contributed by atoms with E-state index in [9.17, 15) is 32.7 Å². The number of phenolic OH excluding ortho intramolecular Hbond substituents is 1. The highest BCUT2D eigenvalue weighted by atomic mass is 35.5. The van der Waals surface area contributed by atoms with Gasteiger partial charge in [-0.3, -0.25) is 15.0 Å². The van der Waals surface area contributed by atoms with Gasteiger partial charge in [-0.25, -0.2) is 28.5 Å². The van der Waals surface area contributed by atoms with Gasteiger partial charge < -0.3 is 9.84 Å². The number of nitrogens with zero attached hydrogens (tertiary/aromatic N) is 5. The van der Waals surface area contributed by atoms with Crippen LogP contribution in [-0.2, 0) is 27.7 Å². The Labute approximate surface area is 313 Å². The van der Waals surface area contributed by atoms with Crippen molar-refractivity contribution >= 4 is 40.8 Å². The van der Waals surface area contributed by atoms with Crippen molar-refractivity contribution in [3.05, 3.63) is 144 Å². The van der Waals surface area contributed by atoms with Crippen molar-refractivity contribution < 1.29 is 32.6 Å². The second-order valence-electron chi connectivity index (χ2n) is 13.1. The summed E-state index contributed by atoms with van der Waals surface area (Å²) in [6.45, 7) is -0.0745. The van der Waals surface area contributed by atoms with E-state index < -0.39 is 69.1 Å². The van der Waals surface area contributed by atoms with E-state index >= 15 is 4.79 Å². The fraction of sp³-hybridized carbons (Fsp3) is 0.216. The summed E-state index contributed by atoms with van der Waals surface area (Å²) < 4.78 is 49.2. The first kappa shape index (κ1) is 35.2. The number of nitrogens with one attached hydrogen (secondary N) is 1. The maximum absolute atomic E-state index is 15.2. The van der Waals surface area contributed by atoms with Gasteiger partial charge in [0.15, 0.2) is 17.3 Å². The number of alkyl halides is 3. The Hall–Kier alpha value is -5.80. The highest BCUT2D eigenvalue weighted by molar-refractivity contribution is 6.33. The average molecular weight is 780 g/mol. The number of hydrogen-bond acceptors (Lipinski definition) is 8. The lowest BCUT2D eigenvalue weighted by Crippen LogP contribution is -2.53. The minimum atomic E-state index is -4.76. The second kappa shape index (κ2) is 12.7. The van der Waals surface area contributed by atoms with Gasteiger partial charge in [0.25, 0.3) is 11.8 Å². The Morgan fingerprint density at radius 1 is 0.963 bits per heavy atom. The van der Waals surface area contributed by atoms with Gasteiger partial charge in [0.05, 0.1) is 47.3 Å². The molecular formula is C37H27Cl2F3N6O6.